The highest BCUT2D eigenvalue weighted by Gasteiger charge is 2.53. The number of rotatable bonds is 4. The van der Waals surface area contributed by atoms with Gasteiger partial charge in [-0.1, -0.05) is 12.1 Å². The lowest BCUT2D eigenvalue weighted by Gasteiger charge is -2.23. The number of fused-ring (bicyclic) bond motifs is 5. The van der Waals surface area contributed by atoms with E-state index in [-0.39, 0.29) is 0 Å². The minimum Gasteiger partial charge on any atom is -0.374 e. The SMILES string of the molecule is CCNC(=NCc1ccc(S(C)(=O)=O)cc1)N1CC2C3CCC(O3)C2C1. The van der Waals surface area contributed by atoms with E-state index in [1.54, 1.807) is 12.1 Å². The second-order valence-electron chi connectivity index (χ2n) is 7.61. The van der Waals surface area contributed by atoms with Crippen LogP contribution in [0.4, 0.5) is 0 Å². The van der Waals surface area contributed by atoms with Crippen molar-refractivity contribution in [3.8, 4) is 0 Å². The van der Waals surface area contributed by atoms with Crippen molar-refractivity contribution in [2.75, 3.05) is 25.9 Å². The summed E-state index contributed by atoms with van der Waals surface area (Å²) in [5.74, 6) is 2.24. The molecule has 0 saturated carbocycles. The second-order valence-corrected chi connectivity index (χ2v) is 9.63. The van der Waals surface area contributed by atoms with Crippen molar-refractivity contribution in [2.24, 2.45) is 16.8 Å². The van der Waals surface area contributed by atoms with Gasteiger partial charge in [0.2, 0.25) is 0 Å². The molecule has 3 aliphatic heterocycles. The Hall–Kier alpha value is -1.60. The summed E-state index contributed by atoms with van der Waals surface area (Å²) < 4.78 is 29.2. The van der Waals surface area contributed by atoms with Crippen molar-refractivity contribution >= 4 is 15.8 Å². The van der Waals surface area contributed by atoms with Crippen LogP contribution in [0.1, 0.15) is 25.3 Å². The zero-order valence-corrected chi connectivity index (χ0v) is 16.2. The van der Waals surface area contributed by atoms with Crippen LogP contribution < -0.4 is 5.32 Å². The highest BCUT2D eigenvalue weighted by Crippen LogP contribution is 2.47. The molecule has 4 atom stereocenters. The molecule has 26 heavy (non-hydrogen) atoms. The molecule has 2 bridgehead atoms. The summed E-state index contributed by atoms with van der Waals surface area (Å²) in [6, 6.07) is 7.00. The van der Waals surface area contributed by atoms with Gasteiger partial charge in [0.15, 0.2) is 15.8 Å². The van der Waals surface area contributed by atoms with Crippen molar-refractivity contribution in [1.29, 1.82) is 0 Å². The van der Waals surface area contributed by atoms with Crippen molar-refractivity contribution in [2.45, 2.75) is 43.4 Å². The molecule has 6 nitrogen and oxygen atoms in total. The van der Waals surface area contributed by atoms with Crippen LogP contribution in [0.25, 0.3) is 0 Å². The predicted octanol–water partition coefficient (Wildman–Crippen LogP) is 1.66. The van der Waals surface area contributed by atoms with E-state index in [4.69, 9.17) is 9.73 Å². The molecule has 0 amide bonds. The van der Waals surface area contributed by atoms with Crippen LogP contribution in [0.15, 0.2) is 34.2 Å². The van der Waals surface area contributed by atoms with Gasteiger partial charge in [0, 0.05) is 37.7 Å². The summed E-state index contributed by atoms with van der Waals surface area (Å²) in [6.07, 6.45) is 4.53. The normalized spacial score (nSPS) is 30.7. The number of sulfone groups is 1. The molecule has 0 aliphatic carbocycles. The Morgan fingerprint density at radius 2 is 1.81 bits per heavy atom. The zero-order chi connectivity index (χ0) is 18.3. The minimum absolute atomic E-state index is 0.347. The van der Waals surface area contributed by atoms with Crippen LogP contribution in [-0.2, 0) is 21.1 Å². The highest BCUT2D eigenvalue weighted by atomic mass is 32.2. The van der Waals surface area contributed by atoms with Crippen LogP contribution in [0.2, 0.25) is 0 Å². The van der Waals surface area contributed by atoms with Crippen LogP contribution in [0, 0.1) is 11.8 Å². The lowest BCUT2D eigenvalue weighted by Crippen LogP contribution is -2.41. The second kappa shape index (κ2) is 6.85. The van der Waals surface area contributed by atoms with Gasteiger partial charge in [-0.25, -0.2) is 13.4 Å². The zero-order valence-electron chi connectivity index (χ0n) is 15.4. The predicted molar refractivity (Wildman–Crippen MR) is 101 cm³/mol. The fourth-order valence-electron chi connectivity index (χ4n) is 4.57. The van der Waals surface area contributed by atoms with E-state index in [0.717, 1.165) is 31.2 Å². The Kier molecular flexibility index (Phi) is 4.69. The summed E-state index contributed by atoms with van der Waals surface area (Å²) >= 11 is 0. The standard InChI is InChI=1S/C19H27N3O3S/c1-3-20-19(21-10-13-4-6-14(7-5-13)26(2,23)24)22-11-15-16(12-22)18-9-8-17(15)25-18/h4-7,15-18H,3,8-12H2,1-2H3,(H,20,21). The molecule has 4 unspecified atom stereocenters. The molecule has 142 valence electrons. The molecular formula is C19H27N3O3S. The van der Waals surface area contributed by atoms with E-state index >= 15 is 0 Å². The average molecular weight is 378 g/mol. The third-order valence-corrected chi connectivity index (χ3v) is 6.98. The van der Waals surface area contributed by atoms with E-state index in [1.165, 1.54) is 19.1 Å². The summed E-state index contributed by atoms with van der Waals surface area (Å²) in [4.78, 5) is 7.52. The first-order valence-electron chi connectivity index (χ1n) is 9.43. The Labute approximate surface area is 155 Å². The Morgan fingerprint density at radius 1 is 1.19 bits per heavy atom. The number of benzene rings is 1. The Bertz CT molecular complexity index is 773. The van der Waals surface area contributed by atoms with Gasteiger partial charge >= 0.3 is 0 Å². The number of likely N-dealkylation sites (tertiary alicyclic amines) is 1. The largest absolute Gasteiger partial charge is 0.374 e. The molecule has 4 rings (SSSR count). The van der Waals surface area contributed by atoms with Crippen LogP contribution in [-0.4, -0.2) is 57.4 Å². The van der Waals surface area contributed by atoms with Gasteiger partial charge in [0.25, 0.3) is 0 Å². The van der Waals surface area contributed by atoms with Crippen molar-refractivity contribution in [3.63, 3.8) is 0 Å². The third-order valence-electron chi connectivity index (χ3n) is 5.85. The summed E-state index contributed by atoms with van der Waals surface area (Å²) in [5, 5.41) is 3.41. The molecule has 0 radical (unpaired) electrons. The van der Waals surface area contributed by atoms with Crippen molar-refractivity contribution in [1.82, 2.24) is 10.2 Å². The molecule has 1 aromatic carbocycles. The number of nitrogens with zero attached hydrogens (tertiary/aromatic N) is 2. The van der Waals surface area contributed by atoms with Gasteiger partial charge < -0.3 is 15.0 Å². The van der Waals surface area contributed by atoms with Gasteiger partial charge in [0.05, 0.1) is 23.6 Å². The third kappa shape index (κ3) is 3.34. The van der Waals surface area contributed by atoms with Crippen LogP contribution >= 0.6 is 0 Å². The smallest absolute Gasteiger partial charge is 0.194 e. The molecule has 3 heterocycles. The van der Waals surface area contributed by atoms with Gasteiger partial charge in [0.1, 0.15) is 0 Å². The molecule has 3 aliphatic rings. The molecule has 0 spiro atoms. The molecule has 1 N–H and O–H groups in total. The fraction of sp³-hybridized carbons (Fsp3) is 0.632. The summed E-state index contributed by atoms with van der Waals surface area (Å²) in [6.45, 7) is 5.50. The Balaban J connectivity index is 1.45. The summed E-state index contributed by atoms with van der Waals surface area (Å²) in [5.41, 5.74) is 1.01. The number of guanidine groups is 1. The van der Waals surface area contributed by atoms with Crippen molar-refractivity contribution < 1.29 is 13.2 Å². The van der Waals surface area contributed by atoms with E-state index in [2.05, 4.69) is 17.1 Å². The number of aliphatic imine (C=N–C) groups is 1. The minimum atomic E-state index is -3.15. The Morgan fingerprint density at radius 3 is 2.35 bits per heavy atom. The lowest BCUT2D eigenvalue weighted by atomic mass is 9.82. The fourth-order valence-corrected chi connectivity index (χ4v) is 5.20. The van der Waals surface area contributed by atoms with E-state index in [1.807, 2.05) is 12.1 Å². The average Bonchev–Trinajstić information content (AvgIpc) is 3.30. The molecule has 3 saturated heterocycles. The number of ether oxygens (including phenoxy) is 1. The molecule has 1 aromatic rings. The topological polar surface area (TPSA) is 71.0 Å². The van der Waals surface area contributed by atoms with E-state index in [0.29, 0.717) is 35.5 Å². The number of hydrogen-bond donors (Lipinski definition) is 1. The van der Waals surface area contributed by atoms with Gasteiger partial charge in [-0.2, -0.15) is 0 Å². The van der Waals surface area contributed by atoms with Gasteiger partial charge in [-0.15, -0.1) is 0 Å². The first kappa shape index (κ1) is 17.8. The van der Waals surface area contributed by atoms with Crippen LogP contribution in [0.5, 0.6) is 0 Å². The highest BCUT2D eigenvalue weighted by molar-refractivity contribution is 7.90. The molecule has 3 fully saturated rings. The number of nitrogens with one attached hydrogen (secondary N) is 1. The van der Waals surface area contributed by atoms with E-state index < -0.39 is 9.84 Å². The first-order valence-corrected chi connectivity index (χ1v) is 11.3. The maximum atomic E-state index is 11.6. The maximum absolute atomic E-state index is 11.6. The maximum Gasteiger partial charge on any atom is 0.194 e. The van der Waals surface area contributed by atoms with Crippen LogP contribution in [0.3, 0.4) is 0 Å². The molecule has 7 heteroatoms. The van der Waals surface area contributed by atoms with Crippen molar-refractivity contribution in [3.05, 3.63) is 29.8 Å². The van der Waals surface area contributed by atoms with Gasteiger partial charge in [-0.05, 0) is 37.5 Å². The monoisotopic (exact) mass is 377 g/mol. The van der Waals surface area contributed by atoms with E-state index in [9.17, 15) is 8.42 Å². The molecule has 0 aromatic heterocycles. The molecular weight excluding hydrogens is 350 g/mol. The summed E-state index contributed by atoms with van der Waals surface area (Å²) in [7, 11) is -3.15. The van der Waals surface area contributed by atoms with Gasteiger partial charge in [-0.3, -0.25) is 0 Å². The quantitative estimate of drug-likeness (QED) is 0.638. The lowest BCUT2D eigenvalue weighted by molar-refractivity contribution is 0.0767. The number of hydrogen-bond acceptors (Lipinski definition) is 4. The first-order chi connectivity index (χ1) is 12.5.